The highest BCUT2D eigenvalue weighted by Gasteiger charge is 2.21. The maximum Gasteiger partial charge on any atom is 0.267 e. The number of para-hydroxylation sites is 1. The molecule has 7 nitrogen and oxygen atoms in total. The molecule has 154 valence electrons. The molecule has 0 radical (unpaired) electrons. The molecule has 0 spiro atoms. The van der Waals surface area contributed by atoms with Gasteiger partial charge in [0.2, 0.25) is 5.89 Å². The molecule has 4 aromatic rings. The molecule has 0 N–H and O–H groups in total. The van der Waals surface area contributed by atoms with E-state index >= 15 is 0 Å². The third-order valence-electron chi connectivity index (χ3n) is 4.81. The van der Waals surface area contributed by atoms with E-state index in [9.17, 15) is 4.79 Å². The third-order valence-corrected chi connectivity index (χ3v) is 5.85. The van der Waals surface area contributed by atoms with Crippen molar-refractivity contribution in [1.29, 1.82) is 0 Å². The molecule has 0 amide bonds. The molecule has 3 aromatic heterocycles. The van der Waals surface area contributed by atoms with Gasteiger partial charge in [0, 0.05) is 12.6 Å². The SMILES string of the molecule is CCCCc1noc(C(C)Sc2nc3ccccc3c(=O)n2-c2ncccc2C)n1. The minimum atomic E-state index is -0.170. The summed E-state index contributed by atoms with van der Waals surface area (Å²) >= 11 is 1.41. The first kappa shape index (κ1) is 20.3. The van der Waals surface area contributed by atoms with Crippen LogP contribution in [0.1, 0.15) is 49.2 Å². The van der Waals surface area contributed by atoms with Crippen LogP contribution in [0.4, 0.5) is 0 Å². The van der Waals surface area contributed by atoms with E-state index in [0.29, 0.717) is 33.6 Å². The Morgan fingerprint density at radius 2 is 2.00 bits per heavy atom. The van der Waals surface area contributed by atoms with Gasteiger partial charge >= 0.3 is 0 Å². The molecule has 1 atom stereocenters. The lowest BCUT2D eigenvalue weighted by Crippen LogP contribution is -2.23. The molecule has 0 aliphatic carbocycles. The summed E-state index contributed by atoms with van der Waals surface area (Å²) in [5.41, 5.74) is 1.40. The Morgan fingerprint density at radius 1 is 1.17 bits per heavy atom. The number of nitrogens with zero attached hydrogens (tertiary/aromatic N) is 5. The molecule has 0 aliphatic rings. The van der Waals surface area contributed by atoms with Crippen molar-refractivity contribution in [2.45, 2.75) is 50.4 Å². The monoisotopic (exact) mass is 421 g/mol. The molecule has 8 heteroatoms. The topological polar surface area (TPSA) is 86.7 Å². The maximum absolute atomic E-state index is 13.4. The number of unbranched alkanes of at least 4 members (excludes halogenated alkanes) is 1. The quantitative estimate of drug-likeness (QED) is 0.317. The van der Waals surface area contributed by atoms with Gasteiger partial charge in [-0.3, -0.25) is 4.79 Å². The molecule has 0 saturated heterocycles. The van der Waals surface area contributed by atoms with E-state index < -0.39 is 0 Å². The normalized spacial score (nSPS) is 12.4. The Labute approximate surface area is 178 Å². The highest BCUT2D eigenvalue weighted by molar-refractivity contribution is 7.99. The van der Waals surface area contributed by atoms with Crippen molar-refractivity contribution in [2.24, 2.45) is 0 Å². The van der Waals surface area contributed by atoms with Crippen molar-refractivity contribution in [2.75, 3.05) is 0 Å². The molecule has 4 rings (SSSR count). The van der Waals surface area contributed by atoms with Gasteiger partial charge < -0.3 is 4.52 Å². The second kappa shape index (κ2) is 8.79. The maximum atomic E-state index is 13.4. The van der Waals surface area contributed by atoms with Crippen LogP contribution in [0.3, 0.4) is 0 Å². The predicted octanol–water partition coefficient (Wildman–Crippen LogP) is 4.67. The molecule has 0 fully saturated rings. The summed E-state index contributed by atoms with van der Waals surface area (Å²) < 4.78 is 7.05. The fourth-order valence-corrected chi connectivity index (χ4v) is 4.11. The third kappa shape index (κ3) is 4.00. The first-order valence-electron chi connectivity index (χ1n) is 10.0. The predicted molar refractivity (Wildman–Crippen MR) is 117 cm³/mol. The van der Waals surface area contributed by atoms with Crippen molar-refractivity contribution >= 4 is 22.7 Å². The number of aromatic nitrogens is 5. The zero-order valence-corrected chi connectivity index (χ0v) is 18.0. The van der Waals surface area contributed by atoms with Crippen molar-refractivity contribution in [3.63, 3.8) is 0 Å². The van der Waals surface area contributed by atoms with E-state index in [1.807, 2.05) is 44.2 Å². The van der Waals surface area contributed by atoms with E-state index in [2.05, 4.69) is 22.0 Å². The molecule has 30 heavy (non-hydrogen) atoms. The first-order valence-corrected chi connectivity index (χ1v) is 10.9. The molecule has 0 aliphatic heterocycles. The summed E-state index contributed by atoms with van der Waals surface area (Å²) in [6.07, 6.45) is 4.57. The highest BCUT2D eigenvalue weighted by atomic mass is 32.2. The lowest BCUT2D eigenvalue weighted by molar-refractivity contribution is 0.374. The van der Waals surface area contributed by atoms with E-state index in [0.717, 1.165) is 24.8 Å². The van der Waals surface area contributed by atoms with Crippen LogP contribution in [-0.4, -0.2) is 24.7 Å². The van der Waals surface area contributed by atoms with Gasteiger partial charge in [-0.05, 0) is 44.0 Å². The number of hydrogen-bond donors (Lipinski definition) is 0. The molecule has 1 aromatic carbocycles. The van der Waals surface area contributed by atoms with Crippen LogP contribution in [0.2, 0.25) is 0 Å². The van der Waals surface area contributed by atoms with E-state index in [-0.39, 0.29) is 10.8 Å². The molecular weight excluding hydrogens is 398 g/mol. The summed E-state index contributed by atoms with van der Waals surface area (Å²) in [6.45, 7) is 6.03. The van der Waals surface area contributed by atoms with Gasteiger partial charge in [-0.25, -0.2) is 14.5 Å². The van der Waals surface area contributed by atoms with Gasteiger partial charge in [-0.1, -0.05) is 48.5 Å². The molecule has 0 bridgehead atoms. The fourth-order valence-electron chi connectivity index (χ4n) is 3.17. The number of aryl methyl sites for hydroxylation is 2. The van der Waals surface area contributed by atoms with Crippen molar-refractivity contribution in [3.05, 3.63) is 70.2 Å². The minimum absolute atomic E-state index is 0.147. The van der Waals surface area contributed by atoms with Crippen molar-refractivity contribution in [1.82, 2.24) is 24.7 Å². The largest absolute Gasteiger partial charge is 0.338 e. The van der Waals surface area contributed by atoms with Gasteiger partial charge in [0.1, 0.15) is 5.82 Å². The Balaban J connectivity index is 1.78. The minimum Gasteiger partial charge on any atom is -0.338 e. The van der Waals surface area contributed by atoms with Crippen LogP contribution < -0.4 is 5.56 Å². The van der Waals surface area contributed by atoms with Gasteiger partial charge in [-0.15, -0.1) is 0 Å². The van der Waals surface area contributed by atoms with Gasteiger partial charge in [0.15, 0.2) is 11.0 Å². The summed E-state index contributed by atoms with van der Waals surface area (Å²) in [7, 11) is 0. The first-order chi connectivity index (χ1) is 14.6. The van der Waals surface area contributed by atoms with E-state index in [1.165, 1.54) is 11.8 Å². The van der Waals surface area contributed by atoms with Crippen LogP contribution in [0.15, 0.2) is 57.1 Å². The van der Waals surface area contributed by atoms with Gasteiger partial charge in [0.25, 0.3) is 5.56 Å². The molecule has 0 saturated carbocycles. The zero-order chi connectivity index (χ0) is 21.1. The number of thioether (sulfide) groups is 1. The van der Waals surface area contributed by atoms with Gasteiger partial charge in [0.05, 0.1) is 16.2 Å². The smallest absolute Gasteiger partial charge is 0.267 e. The summed E-state index contributed by atoms with van der Waals surface area (Å²) in [4.78, 5) is 27.1. The number of pyridine rings is 1. The lowest BCUT2D eigenvalue weighted by atomic mass is 10.2. The summed E-state index contributed by atoms with van der Waals surface area (Å²) in [5.74, 6) is 1.81. The standard InChI is InChI=1S/C22H23N5O2S/c1-4-5-12-18-25-20(29-26-18)15(3)30-22-24-17-11-7-6-10-16(17)21(28)27(22)19-14(2)9-8-13-23-19/h6-11,13,15H,4-5,12H2,1-3H3. The Hall–Kier alpha value is -3.00. The van der Waals surface area contributed by atoms with Crippen LogP contribution in [-0.2, 0) is 6.42 Å². The molecule has 3 heterocycles. The summed E-state index contributed by atoms with van der Waals surface area (Å²) in [5, 5.41) is 5.01. The Morgan fingerprint density at radius 3 is 2.80 bits per heavy atom. The Kier molecular flexibility index (Phi) is 5.94. The van der Waals surface area contributed by atoms with E-state index in [4.69, 9.17) is 9.51 Å². The number of fused-ring (bicyclic) bond motifs is 1. The number of benzene rings is 1. The van der Waals surface area contributed by atoms with Gasteiger partial charge in [-0.2, -0.15) is 4.98 Å². The number of hydrogen-bond acceptors (Lipinski definition) is 7. The second-order valence-corrected chi connectivity index (χ2v) is 8.42. The average Bonchev–Trinajstić information content (AvgIpc) is 3.23. The molecule has 1 unspecified atom stereocenters. The van der Waals surface area contributed by atoms with Crippen LogP contribution in [0.25, 0.3) is 16.7 Å². The van der Waals surface area contributed by atoms with Crippen LogP contribution in [0, 0.1) is 6.92 Å². The average molecular weight is 422 g/mol. The van der Waals surface area contributed by atoms with E-state index in [1.54, 1.807) is 16.8 Å². The Bertz CT molecular complexity index is 1230. The van der Waals surface area contributed by atoms with Crippen molar-refractivity contribution in [3.8, 4) is 5.82 Å². The second-order valence-electron chi connectivity index (χ2n) is 7.11. The zero-order valence-electron chi connectivity index (χ0n) is 17.2. The number of rotatable bonds is 7. The molecular formula is C22H23N5O2S. The van der Waals surface area contributed by atoms with Crippen molar-refractivity contribution < 1.29 is 4.52 Å². The summed E-state index contributed by atoms with van der Waals surface area (Å²) in [6, 6.07) is 11.1. The highest BCUT2D eigenvalue weighted by Crippen LogP contribution is 2.34. The van der Waals surface area contributed by atoms with Crippen LogP contribution in [0.5, 0.6) is 0 Å². The fraction of sp³-hybridized carbons (Fsp3) is 0.318. The van der Waals surface area contributed by atoms with Crippen LogP contribution >= 0.6 is 11.8 Å². The lowest BCUT2D eigenvalue weighted by Gasteiger charge is -2.15.